The molecule has 3 rings (SSSR count). The average Bonchev–Trinajstić information content (AvgIpc) is 3.11. The van der Waals surface area contributed by atoms with Crippen molar-refractivity contribution in [1.82, 2.24) is 9.97 Å². The maximum atomic E-state index is 12.0. The molecule has 0 aliphatic carbocycles. The van der Waals surface area contributed by atoms with E-state index in [0.717, 1.165) is 11.1 Å². The van der Waals surface area contributed by atoms with Crippen LogP contribution in [0.3, 0.4) is 0 Å². The first-order chi connectivity index (χ1) is 13.9. The van der Waals surface area contributed by atoms with Gasteiger partial charge in [-0.1, -0.05) is 11.6 Å². The van der Waals surface area contributed by atoms with E-state index in [1.54, 1.807) is 0 Å². The molecule has 0 saturated heterocycles. The van der Waals surface area contributed by atoms with Crippen molar-refractivity contribution in [3.63, 3.8) is 0 Å². The van der Waals surface area contributed by atoms with Crippen LogP contribution in [-0.2, 0) is 22.6 Å². The number of nitrogens with one attached hydrogen (secondary N) is 1. The van der Waals surface area contributed by atoms with Gasteiger partial charge >= 0.3 is 5.97 Å². The molecule has 1 aromatic heterocycles. The highest BCUT2D eigenvalue weighted by atomic mass is 16.5. The number of esters is 1. The second-order valence-corrected chi connectivity index (χ2v) is 6.85. The molecule has 0 bridgehead atoms. The summed E-state index contributed by atoms with van der Waals surface area (Å²) in [4.78, 5) is 31.7. The van der Waals surface area contributed by atoms with Gasteiger partial charge in [0.1, 0.15) is 30.0 Å². The van der Waals surface area contributed by atoms with Crippen LogP contribution in [-0.4, -0.2) is 34.1 Å². The predicted octanol–water partition coefficient (Wildman–Crippen LogP) is 3.08. The lowest BCUT2D eigenvalue weighted by Crippen LogP contribution is -2.11. The summed E-state index contributed by atoms with van der Waals surface area (Å²) in [5.41, 5.74) is 3.73. The zero-order chi connectivity index (χ0) is 21.0. The number of ether oxygens (including phenoxy) is 2. The van der Waals surface area contributed by atoms with Crippen LogP contribution in [0.2, 0.25) is 0 Å². The molecule has 0 unspecified atom stereocenters. The van der Waals surface area contributed by atoms with Crippen LogP contribution in [0.4, 0.5) is 5.69 Å². The third-order valence-electron chi connectivity index (χ3n) is 4.89. The molecule has 0 spiro atoms. The minimum absolute atomic E-state index is 0.101. The number of fused-ring (bicyclic) bond motifs is 1. The lowest BCUT2D eigenvalue weighted by Gasteiger charge is -2.15. The summed E-state index contributed by atoms with van der Waals surface area (Å²) in [6.45, 7) is 3.90. The molecule has 0 atom stereocenters. The standard InChI is InChI=1S/C21H23N3O5/c1-12(5-7-17(25)24-14-8-22-11-23-9-14)4-6-15-19(26)18-16(10-29-21(18)27)13(2)20(15)28-3/h4,8-9,11,26H,5-7,10H2,1-3H3,(H,24,25)/b12-4+. The monoisotopic (exact) mass is 397 g/mol. The molecule has 8 heteroatoms. The summed E-state index contributed by atoms with van der Waals surface area (Å²) >= 11 is 0. The number of amides is 1. The lowest BCUT2D eigenvalue weighted by molar-refractivity contribution is -0.116. The number of aromatic nitrogens is 2. The van der Waals surface area contributed by atoms with Gasteiger partial charge in [-0.3, -0.25) is 4.79 Å². The number of allylic oxidation sites excluding steroid dienone is 2. The summed E-state index contributed by atoms with van der Waals surface area (Å²) in [5.74, 6) is -0.211. The van der Waals surface area contributed by atoms with Crippen molar-refractivity contribution in [2.75, 3.05) is 12.4 Å². The molecule has 152 valence electrons. The highest BCUT2D eigenvalue weighted by Crippen LogP contribution is 2.42. The molecular weight excluding hydrogens is 374 g/mol. The molecule has 2 heterocycles. The van der Waals surface area contributed by atoms with Crippen molar-refractivity contribution >= 4 is 17.6 Å². The van der Waals surface area contributed by atoms with E-state index < -0.39 is 5.97 Å². The Balaban J connectivity index is 1.69. The molecule has 0 radical (unpaired) electrons. The van der Waals surface area contributed by atoms with Crippen molar-refractivity contribution in [2.24, 2.45) is 0 Å². The van der Waals surface area contributed by atoms with Crippen molar-refractivity contribution < 1.29 is 24.2 Å². The fourth-order valence-corrected chi connectivity index (χ4v) is 3.30. The largest absolute Gasteiger partial charge is 0.507 e. The maximum Gasteiger partial charge on any atom is 0.342 e. The van der Waals surface area contributed by atoms with Crippen molar-refractivity contribution in [2.45, 2.75) is 39.7 Å². The number of anilines is 1. The van der Waals surface area contributed by atoms with Crippen molar-refractivity contribution in [1.29, 1.82) is 0 Å². The van der Waals surface area contributed by atoms with E-state index in [2.05, 4.69) is 15.3 Å². The molecular formula is C21H23N3O5. The SMILES string of the molecule is COc1c(C)c2c(c(O)c1C/C=C(\C)CCC(=O)Nc1cncnc1)C(=O)OC2. The number of phenols is 1. The smallest absolute Gasteiger partial charge is 0.342 e. The van der Waals surface area contributed by atoms with Crippen LogP contribution >= 0.6 is 0 Å². The zero-order valence-corrected chi connectivity index (χ0v) is 16.6. The summed E-state index contributed by atoms with van der Waals surface area (Å²) in [6.07, 6.45) is 7.60. The fourth-order valence-electron chi connectivity index (χ4n) is 3.30. The van der Waals surface area contributed by atoms with E-state index in [1.165, 1.54) is 25.8 Å². The number of carbonyl (C=O) groups excluding carboxylic acids is 2. The van der Waals surface area contributed by atoms with Gasteiger partial charge in [-0.2, -0.15) is 0 Å². The minimum Gasteiger partial charge on any atom is -0.507 e. The number of carbonyl (C=O) groups is 2. The van der Waals surface area contributed by atoms with E-state index in [-0.39, 0.29) is 23.8 Å². The van der Waals surface area contributed by atoms with Gasteiger partial charge in [-0.25, -0.2) is 14.8 Å². The van der Waals surface area contributed by atoms with Gasteiger partial charge in [0.2, 0.25) is 5.91 Å². The first-order valence-corrected chi connectivity index (χ1v) is 9.21. The molecule has 0 fully saturated rings. The van der Waals surface area contributed by atoms with Crippen LogP contribution in [0.15, 0.2) is 30.4 Å². The van der Waals surface area contributed by atoms with Gasteiger partial charge < -0.3 is 19.9 Å². The number of cyclic esters (lactones) is 1. The Bertz CT molecular complexity index is 970. The number of rotatable bonds is 7. The van der Waals surface area contributed by atoms with Gasteiger partial charge in [0, 0.05) is 17.5 Å². The van der Waals surface area contributed by atoms with Crippen LogP contribution in [0.1, 0.15) is 46.8 Å². The number of benzene rings is 1. The van der Waals surface area contributed by atoms with E-state index in [9.17, 15) is 14.7 Å². The Morgan fingerprint density at radius 1 is 1.34 bits per heavy atom. The minimum atomic E-state index is -0.522. The summed E-state index contributed by atoms with van der Waals surface area (Å²) < 4.78 is 10.5. The van der Waals surface area contributed by atoms with E-state index in [4.69, 9.17) is 9.47 Å². The number of phenolic OH excluding ortho intramolecular Hbond substituents is 1. The van der Waals surface area contributed by atoms with Gasteiger partial charge in [0.15, 0.2) is 0 Å². The average molecular weight is 397 g/mol. The highest BCUT2D eigenvalue weighted by Gasteiger charge is 2.31. The topological polar surface area (TPSA) is 111 Å². The molecule has 1 aliphatic rings. The van der Waals surface area contributed by atoms with E-state index in [0.29, 0.717) is 41.8 Å². The molecule has 2 N–H and O–H groups in total. The van der Waals surface area contributed by atoms with Crippen molar-refractivity contribution in [3.05, 3.63) is 52.6 Å². The fraction of sp³-hybridized carbons (Fsp3) is 0.333. The van der Waals surface area contributed by atoms with Gasteiger partial charge in [0.25, 0.3) is 0 Å². The number of hydrogen-bond donors (Lipinski definition) is 2. The molecule has 0 saturated carbocycles. The number of methoxy groups -OCH3 is 1. The zero-order valence-electron chi connectivity index (χ0n) is 16.6. The summed E-state index contributed by atoms with van der Waals surface area (Å²) in [6, 6.07) is 0. The van der Waals surface area contributed by atoms with E-state index >= 15 is 0 Å². The highest BCUT2D eigenvalue weighted by molar-refractivity contribution is 5.98. The van der Waals surface area contributed by atoms with Crippen molar-refractivity contribution in [3.8, 4) is 11.5 Å². The molecule has 29 heavy (non-hydrogen) atoms. The Labute approximate surface area is 168 Å². The van der Waals surface area contributed by atoms with Crippen LogP contribution in [0, 0.1) is 6.92 Å². The third-order valence-corrected chi connectivity index (χ3v) is 4.89. The number of hydrogen-bond acceptors (Lipinski definition) is 7. The quantitative estimate of drug-likeness (QED) is 0.545. The number of nitrogens with zero attached hydrogens (tertiary/aromatic N) is 2. The second kappa shape index (κ2) is 8.72. The van der Waals surface area contributed by atoms with Crippen LogP contribution in [0.25, 0.3) is 0 Å². The summed E-state index contributed by atoms with van der Waals surface area (Å²) in [5, 5.41) is 13.4. The normalized spacial score (nSPS) is 13.1. The Hall–Kier alpha value is -3.42. The van der Waals surface area contributed by atoms with Crippen LogP contribution in [0.5, 0.6) is 11.5 Å². The van der Waals surface area contributed by atoms with E-state index in [1.807, 2.05) is 19.9 Å². The van der Waals surface area contributed by atoms with Gasteiger partial charge in [-0.05, 0) is 32.3 Å². The maximum absolute atomic E-state index is 12.0. The molecule has 2 aromatic rings. The summed E-state index contributed by atoms with van der Waals surface area (Å²) in [7, 11) is 1.53. The molecule has 8 nitrogen and oxygen atoms in total. The lowest BCUT2D eigenvalue weighted by atomic mass is 9.94. The van der Waals surface area contributed by atoms with Gasteiger partial charge in [-0.15, -0.1) is 0 Å². The molecule has 1 aliphatic heterocycles. The number of aromatic hydroxyl groups is 1. The van der Waals surface area contributed by atoms with Gasteiger partial charge in [0.05, 0.1) is 25.2 Å². The first-order valence-electron chi connectivity index (χ1n) is 9.21. The Kier molecular flexibility index (Phi) is 6.11. The Morgan fingerprint density at radius 2 is 2.07 bits per heavy atom. The molecule has 1 amide bonds. The van der Waals surface area contributed by atoms with Crippen LogP contribution < -0.4 is 10.1 Å². The second-order valence-electron chi connectivity index (χ2n) is 6.85. The predicted molar refractivity (Wildman–Crippen MR) is 106 cm³/mol. The first kappa shape index (κ1) is 20.3. The third kappa shape index (κ3) is 4.37. The Morgan fingerprint density at radius 3 is 2.76 bits per heavy atom. The molecule has 1 aromatic carbocycles.